The van der Waals surface area contributed by atoms with Crippen LogP contribution in [0.25, 0.3) is 22.3 Å². The van der Waals surface area contributed by atoms with Crippen molar-refractivity contribution in [2.75, 3.05) is 14.7 Å². The van der Waals surface area contributed by atoms with Crippen molar-refractivity contribution in [1.82, 2.24) is 0 Å². The quantitative estimate of drug-likeness (QED) is 0.166. The molecule has 9 aromatic rings. The molecule has 0 fully saturated rings. The molecule has 9 aromatic carbocycles. The number of benzene rings is 9. The Morgan fingerprint density at radius 2 is 0.701 bits per heavy atom. The second-order valence-corrected chi connectivity index (χ2v) is 19.5. The second kappa shape index (κ2) is 14.2. The Morgan fingerprint density at radius 1 is 0.358 bits per heavy atom. The van der Waals surface area contributed by atoms with Crippen LogP contribution in [0.4, 0.5) is 51.2 Å². The summed E-state index contributed by atoms with van der Waals surface area (Å²) in [6, 6.07) is 68.1. The van der Waals surface area contributed by atoms with Gasteiger partial charge >= 0.3 is 0 Å². The third kappa shape index (κ3) is 5.74. The zero-order valence-electron chi connectivity index (χ0n) is 38.6. The molecule has 4 aliphatic rings. The van der Waals surface area contributed by atoms with Gasteiger partial charge in [-0.1, -0.05) is 113 Å². The largest absolute Gasteiger partial charge is 0.452 e. The fourth-order valence-electron chi connectivity index (χ4n) is 11.5. The molecule has 67 heavy (non-hydrogen) atoms. The SMILES string of the molecule is Cc1cc(C)c2c3c1Oc1cc4c(cc1N3c1cc3c(cc1O2)-c1ccc(N(c2ccccc2)c2ccccc2)cc1C3(C)C)C(C)(C)c1cc(N(c2ccccc2)c2ccccc2)ccc1-4. The standard InChI is InChI=1S/C62H49N3O2/c1-38-31-39(2)60-58-59(38)66-56-34-48-46-29-27-44(63(40-19-11-7-12-20-40)41-21-13-8-14-22-41)32-50(46)61(3,4)52(48)36-54(56)65(58)55-37-53-49(35-57(55)67-60)47-30-28-45(33-51(47)62(53,5)6)64(42-23-15-9-16-24-42)43-25-17-10-18-26-43/h7-37H,1-6H3. The molecule has 0 N–H and O–H groups in total. The third-order valence-electron chi connectivity index (χ3n) is 14.8. The summed E-state index contributed by atoms with van der Waals surface area (Å²) in [6.45, 7) is 13.8. The molecule has 5 nitrogen and oxygen atoms in total. The van der Waals surface area contributed by atoms with Crippen molar-refractivity contribution in [3.05, 3.63) is 221 Å². The Balaban J connectivity index is 0.947. The zero-order chi connectivity index (χ0) is 45.3. The van der Waals surface area contributed by atoms with Crippen molar-refractivity contribution in [1.29, 1.82) is 0 Å². The van der Waals surface area contributed by atoms with Crippen LogP contribution in [0.1, 0.15) is 61.1 Å². The molecule has 324 valence electrons. The van der Waals surface area contributed by atoms with E-state index in [1.54, 1.807) is 0 Å². The molecule has 0 saturated carbocycles. The fraction of sp³-hybridized carbons (Fsp3) is 0.129. The summed E-state index contributed by atoms with van der Waals surface area (Å²) in [5, 5.41) is 0. The molecule has 0 saturated heterocycles. The second-order valence-electron chi connectivity index (χ2n) is 19.5. The molecule has 0 aromatic heterocycles. The predicted octanol–water partition coefficient (Wildman–Crippen LogP) is 17.5. The van der Waals surface area contributed by atoms with Gasteiger partial charge in [-0.15, -0.1) is 0 Å². The van der Waals surface area contributed by atoms with Gasteiger partial charge in [-0.2, -0.15) is 0 Å². The minimum Gasteiger partial charge on any atom is -0.452 e. The highest BCUT2D eigenvalue weighted by Gasteiger charge is 2.44. The zero-order valence-corrected chi connectivity index (χ0v) is 38.6. The number of para-hydroxylation sites is 4. The van der Waals surface area contributed by atoms with Gasteiger partial charge in [-0.25, -0.2) is 0 Å². The minimum absolute atomic E-state index is 0.303. The van der Waals surface area contributed by atoms with E-state index in [1.807, 2.05) is 0 Å². The lowest BCUT2D eigenvalue weighted by molar-refractivity contribution is 0.441. The highest BCUT2D eigenvalue weighted by Crippen LogP contribution is 2.65. The summed E-state index contributed by atoms with van der Waals surface area (Å²) in [4.78, 5) is 7.14. The maximum atomic E-state index is 7.07. The van der Waals surface area contributed by atoms with Crippen molar-refractivity contribution in [3.63, 3.8) is 0 Å². The minimum atomic E-state index is -0.303. The van der Waals surface area contributed by atoms with Crippen molar-refractivity contribution in [3.8, 4) is 45.3 Å². The predicted molar refractivity (Wildman–Crippen MR) is 275 cm³/mol. The molecule has 0 bridgehead atoms. The van der Waals surface area contributed by atoms with E-state index < -0.39 is 0 Å². The number of hydrogen-bond acceptors (Lipinski definition) is 5. The van der Waals surface area contributed by atoms with Crippen LogP contribution in [-0.4, -0.2) is 0 Å². The van der Waals surface area contributed by atoms with Gasteiger partial charge in [0.2, 0.25) is 0 Å². The summed E-state index contributed by atoms with van der Waals surface area (Å²) in [5.41, 5.74) is 21.3. The van der Waals surface area contributed by atoms with Crippen LogP contribution in [-0.2, 0) is 10.8 Å². The first-order valence-corrected chi connectivity index (χ1v) is 23.3. The Labute approximate surface area is 392 Å². The first kappa shape index (κ1) is 39.4. The average Bonchev–Trinajstić information content (AvgIpc) is 3.70. The maximum Gasteiger partial charge on any atom is 0.158 e. The summed E-state index contributed by atoms with van der Waals surface area (Å²) < 4.78 is 14.1. The maximum absolute atomic E-state index is 7.07. The number of nitrogens with zero attached hydrogens (tertiary/aromatic N) is 3. The van der Waals surface area contributed by atoms with Crippen molar-refractivity contribution in [2.24, 2.45) is 0 Å². The van der Waals surface area contributed by atoms with Crippen LogP contribution in [0.3, 0.4) is 0 Å². The van der Waals surface area contributed by atoms with Crippen LogP contribution in [0.15, 0.2) is 188 Å². The number of aryl methyl sites for hydroxylation is 2. The molecule has 2 aliphatic heterocycles. The molecular formula is C62H49N3O2. The average molecular weight is 868 g/mol. The van der Waals surface area contributed by atoms with Crippen molar-refractivity contribution < 1.29 is 9.47 Å². The number of ether oxygens (including phenoxy) is 2. The van der Waals surface area contributed by atoms with Gasteiger partial charge in [0, 0.05) is 45.0 Å². The van der Waals surface area contributed by atoms with E-state index in [9.17, 15) is 0 Å². The lowest BCUT2D eigenvalue weighted by atomic mass is 9.81. The van der Waals surface area contributed by atoms with E-state index in [-0.39, 0.29) is 10.8 Å². The van der Waals surface area contributed by atoms with Gasteiger partial charge in [0.05, 0.1) is 11.4 Å². The Bertz CT molecular complexity index is 3180. The van der Waals surface area contributed by atoms with E-state index in [2.05, 4.69) is 244 Å². The molecule has 2 heterocycles. The number of anilines is 9. The Kier molecular flexibility index (Phi) is 8.36. The van der Waals surface area contributed by atoms with Gasteiger partial charge in [0.1, 0.15) is 5.69 Å². The van der Waals surface area contributed by atoms with Crippen molar-refractivity contribution in [2.45, 2.75) is 52.4 Å². The van der Waals surface area contributed by atoms with E-state index in [1.165, 1.54) is 44.5 Å². The number of hydrogen-bond donors (Lipinski definition) is 0. The molecule has 0 unspecified atom stereocenters. The number of fused-ring (bicyclic) bond motifs is 10. The van der Waals surface area contributed by atoms with Crippen molar-refractivity contribution >= 4 is 51.2 Å². The summed E-state index contributed by atoms with van der Waals surface area (Å²) in [5.74, 6) is 3.36. The molecule has 0 spiro atoms. The summed E-state index contributed by atoms with van der Waals surface area (Å²) in [7, 11) is 0. The first-order valence-electron chi connectivity index (χ1n) is 23.3. The van der Waals surface area contributed by atoms with Crippen LogP contribution in [0.2, 0.25) is 0 Å². The highest BCUT2D eigenvalue weighted by atomic mass is 16.5. The third-order valence-corrected chi connectivity index (χ3v) is 14.8. The molecular weight excluding hydrogens is 819 g/mol. The van der Waals surface area contributed by atoms with Crippen LogP contribution in [0, 0.1) is 13.8 Å². The van der Waals surface area contributed by atoms with Crippen LogP contribution in [0.5, 0.6) is 23.0 Å². The van der Waals surface area contributed by atoms with Gasteiger partial charge in [0.25, 0.3) is 0 Å². The molecule has 2 aliphatic carbocycles. The molecule has 0 atom stereocenters. The van der Waals surface area contributed by atoms with E-state index in [4.69, 9.17) is 9.47 Å². The van der Waals surface area contributed by atoms with E-state index in [0.717, 1.165) is 85.3 Å². The Morgan fingerprint density at radius 3 is 1.06 bits per heavy atom. The fourth-order valence-corrected chi connectivity index (χ4v) is 11.5. The Hall–Kier alpha value is -8.02. The molecule has 0 amide bonds. The number of rotatable bonds is 6. The summed E-state index contributed by atoms with van der Waals surface area (Å²) in [6.07, 6.45) is 0. The van der Waals surface area contributed by atoms with Gasteiger partial charge in [-0.05, 0) is 173 Å². The molecule has 13 rings (SSSR count). The van der Waals surface area contributed by atoms with Crippen LogP contribution >= 0.6 is 0 Å². The topological polar surface area (TPSA) is 28.2 Å². The first-order chi connectivity index (χ1) is 32.6. The molecule has 0 radical (unpaired) electrons. The normalized spacial score (nSPS) is 14.6. The van der Waals surface area contributed by atoms with Gasteiger partial charge in [0.15, 0.2) is 23.0 Å². The monoisotopic (exact) mass is 867 g/mol. The lowest BCUT2D eigenvalue weighted by Crippen LogP contribution is -2.24. The lowest BCUT2D eigenvalue weighted by Gasteiger charge is -2.40. The highest BCUT2D eigenvalue weighted by molar-refractivity contribution is 6.00. The summed E-state index contributed by atoms with van der Waals surface area (Å²) >= 11 is 0. The van der Waals surface area contributed by atoms with Crippen LogP contribution < -0.4 is 24.2 Å². The van der Waals surface area contributed by atoms with Gasteiger partial charge in [-0.3, -0.25) is 4.90 Å². The smallest absolute Gasteiger partial charge is 0.158 e. The van der Waals surface area contributed by atoms with E-state index >= 15 is 0 Å². The molecule has 5 heteroatoms. The van der Waals surface area contributed by atoms with E-state index in [0.29, 0.717) is 0 Å². The van der Waals surface area contributed by atoms with Gasteiger partial charge < -0.3 is 19.3 Å².